The molecule has 1 heterocycles. The average molecular weight is 417 g/mol. The van der Waals surface area contributed by atoms with Crippen LogP contribution in [0, 0.1) is 11.7 Å². The van der Waals surface area contributed by atoms with E-state index in [1.165, 1.54) is 12.1 Å². The first kappa shape index (κ1) is 21.7. The van der Waals surface area contributed by atoms with Crippen LogP contribution in [0.3, 0.4) is 0 Å². The summed E-state index contributed by atoms with van der Waals surface area (Å²) < 4.78 is 18.6. The third-order valence-electron chi connectivity index (χ3n) is 4.89. The molecule has 6 heteroatoms. The van der Waals surface area contributed by atoms with Crippen LogP contribution in [0.25, 0.3) is 0 Å². The minimum atomic E-state index is -0.254. The quantitative estimate of drug-likeness (QED) is 0.631. The Morgan fingerprint density at radius 2 is 2.03 bits per heavy atom. The molecular formula is C23H29FN2O2S. The van der Waals surface area contributed by atoms with Crippen LogP contribution in [0.15, 0.2) is 48.5 Å². The molecule has 156 valence electrons. The van der Waals surface area contributed by atoms with Crippen molar-refractivity contribution in [1.29, 1.82) is 0 Å². The summed E-state index contributed by atoms with van der Waals surface area (Å²) in [6.45, 7) is 6.95. The maximum Gasteiger partial charge on any atom is 0.237 e. The first-order valence-corrected chi connectivity index (χ1v) is 11.0. The SMILES string of the molecule is COc1cccc(CN(CC(=O)N2CCS[C@H]2c2ccc(F)cc2)CC(C)C)c1. The van der Waals surface area contributed by atoms with E-state index in [1.54, 1.807) is 31.0 Å². The standard InChI is InChI=1S/C23H29FN2O2S/c1-17(2)14-25(15-18-5-4-6-21(13-18)28-3)16-22(27)26-11-12-29-23(26)19-7-9-20(24)10-8-19/h4-10,13,17,23H,11-12,14-16H2,1-3H3/t23-/m0/s1. The number of thioether (sulfide) groups is 1. The van der Waals surface area contributed by atoms with Gasteiger partial charge in [-0.25, -0.2) is 4.39 Å². The Bertz CT molecular complexity index is 813. The third-order valence-corrected chi connectivity index (χ3v) is 6.15. The van der Waals surface area contributed by atoms with Crippen LogP contribution in [0.2, 0.25) is 0 Å². The minimum absolute atomic E-state index is 0.0409. The Morgan fingerprint density at radius 3 is 2.72 bits per heavy atom. The zero-order valence-corrected chi connectivity index (χ0v) is 18.1. The molecule has 4 nitrogen and oxygen atoms in total. The lowest BCUT2D eigenvalue weighted by Crippen LogP contribution is -2.41. The Morgan fingerprint density at radius 1 is 1.28 bits per heavy atom. The van der Waals surface area contributed by atoms with E-state index in [4.69, 9.17) is 4.74 Å². The maximum atomic E-state index is 13.3. The van der Waals surface area contributed by atoms with Crippen molar-refractivity contribution in [2.45, 2.75) is 25.8 Å². The second-order valence-corrected chi connectivity index (χ2v) is 8.96. The number of amides is 1. The van der Waals surface area contributed by atoms with Gasteiger partial charge in [0.25, 0.3) is 0 Å². The molecule has 0 spiro atoms. The van der Waals surface area contributed by atoms with Gasteiger partial charge in [0.15, 0.2) is 0 Å². The van der Waals surface area contributed by atoms with Crippen molar-refractivity contribution < 1.29 is 13.9 Å². The Balaban J connectivity index is 1.70. The number of rotatable bonds is 8. The van der Waals surface area contributed by atoms with Crippen LogP contribution in [0.4, 0.5) is 4.39 Å². The normalized spacial score (nSPS) is 16.6. The van der Waals surface area contributed by atoms with E-state index in [2.05, 4.69) is 24.8 Å². The molecular weight excluding hydrogens is 387 g/mol. The number of methoxy groups -OCH3 is 1. The van der Waals surface area contributed by atoms with Gasteiger partial charge in [-0.1, -0.05) is 38.1 Å². The van der Waals surface area contributed by atoms with Crippen molar-refractivity contribution in [1.82, 2.24) is 9.80 Å². The third kappa shape index (κ3) is 5.97. The molecule has 1 atom stereocenters. The molecule has 3 rings (SSSR count). The second-order valence-electron chi connectivity index (χ2n) is 7.78. The van der Waals surface area contributed by atoms with E-state index in [1.807, 2.05) is 23.1 Å². The molecule has 0 aromatic heterocycles. The fourth-order valence-corrected chi connectivity index (χ4v) is 4.92. The predicted molar refractivity (Wildman–Crippen MR) is 116 cm³/mol. The fraction of sp³-hybridized carbons (Fsp3) is 0.435. The first-order chi connectivity index (χ1) is 14.0. The van der Waals surface area contributed by atoms with E-state index >= 15 is 0 Å². The highest BCUT2D eigenvalue weighted by Crippen LogP contribution is 2.38. The van der Waals surface area contributed by atoms with Gasteiger partial charge in [0.05, 0.1) is 13.7 Å². The molecule has 0 aliphatic carbocycles. The Kier molecular flexibility index (Phi) is 7.56. The summed E-state index contributed by atoms with van der Waals surface area (Å²) in [5.74, 6) is 2.04. The molecule has 29 heavy (non-hydrogen) atoms. The van der Waals surface area contributed by atoms with Crippen molar-refractivity contribution in [2.75, 3.05) is 32.5 Å². The number of benzene rings is 2. The molecule has 2 aromatic carbocycles. The van der Waals surface area contributed by atoms with Crippen molar-refractivity contribution >= 4 is 17.7 Å². The zero-order valence-electron chi connectivity index (χ0n) is 17.3. The largest absolute Gasteiger partial charge is 0.497 e. The number of hydrogen-bond acceptors (Lipinski definition) is 4. The van der Waals surface area contributed by atoms with Gasteiger partial charge < -0.3 is 9.64 Å². The van der Waals surface area contributed by atoms with Gasteiger partial charge in [0.1, 0.15) is 16.9 Å². The summed E-state index contributed by atoms with van der Waals surface area (Å²) in [5, 5.41) is -0.0409. The maximum absolute atomic E-state index is 13.3. The smallest absolute Gasteiger partial charge is 0.237 e. The highest BCUT2D eigenvalue weighted by atomic mass is 32.2. The first-order valence-electron chi connectivity index (χ1n) is 9.98. The molecule has 0 bridgehead atoms. The van der Waals surface area contributed by atoms with Crippen LogP contribution >= 0.6 is 11.8 Å². The van der Waals surface area contributed by atoms with Crippen molar-refractivity contribution in [3.05, 3.63) is 65.5 Å². The van der Waals surface area contributed by atoms with Gasteiger partial charge in [0, 0.05) is 25.4 Å². The highest BCUT2D eigenvalue weighted by Gasteiger charge is 2.31. The van der Waals surface area contributed by atoms with Crippen molar-refractivity contribution in [3.63, 3.8) is 0 Å². The van der Waals surface area contributed by atoms with Crippen LogP contribution < -0.4 is 4.74 Å². The zero-order chi connectivity index (χ0) is 20.8. The lowest BCUT2D eigenvalue weighted by atomic mass is 10.1. The van der Waals surface area contributed by atoms with Gasteiger partial charge in [-0.2, -0.15) is 0 Å². The monoisotopic (exact) mass is 416 g/mol. The lowest BCUT2D eigenvalue weighted by molar-refractivity contribution is -0.132. The molecule has 2 aromatic rings. The predicted octanol–water partition coefficient (Wildman–Crippen LogP) is 4.57. The number of carbonyl (C=O) groups is 1. The molecule has 0 radical (unpaired) electrons. The van der Waals surface area contributed by atoms with Gasteiger partial charge in [-0.05, 0) is 41.3 Å². The number of halogens is 1. The molecule has 0 N–H and O–H groups in total. The number of nitrogens with zero attached hydrogens (tertiary/aromatic N) is 2. The minimum Gasteiger partial charge on any atom is -0.497 e. The Hall–Kier alpha value is -2.05. The molecule has 1 aliphatic heterocycles. The molecule has 1 saturated heterocycles. The summed E-state index contributed by atoms with van der Waals surface area (Å²) in [4.78, 5) is 17.3. The number of hydrogen-bond donors (Lipinski definition) is 0. The van der Waals surface area contributed by atoms with E-state index in [-0.39, 0.29) is 17.1 Å². The van der Waals surface area contributed by atoms with Crippen LogP contribution in [0.1, 0.15) is 30.3 Å². The van der Waals surface area contributed by atoms with Gasteiger partial charge in [0.2, 0.25) is 5.91 Å². The van der Waals surface area contributed by atoms with Crippen LogP contribution in [0.5, 0.6) is 5.75 Å². The van der Waals surface area contributed by atoms with E-state index in [9.17, 15) is 9.18 Å². The summed E-state index contributed by atoms with van der Waals surface area (Å²) in [5.41, 5.74) is 2.11. The van der Waals surface area contributed by atoms with Gasteiger partial charge in [-0.3, -0.25) is 9.69 Å². The Labute approximate surface area is 177 Å². The van der Waals surface area contributed by atoms with Gasteiger partial charge >= 0.3 is 0 Å². The molecule has 1 fully saturated rings. The summed E-state index contributed by atoms with van der Waals surface area (Å²) in [6, 6.07) is 14.5. The molecule has 1 aliphatic rings. The van der Waals surface area contributed by atoms with Crippen LogP contribution in [-0.4, -0.2) is 48.2 Å². The van der Waals surface area contributed by atoms with Crippen LogP contribution in [-0.2, 0) is 11.3 Å². The van der Waals surface area contributed by atoms with E-state index in [0.29, 0.717) is 19.0 Å². The fourth-order valence-electron chi connectivity index (χ4n) is 3.64. The average Bonchev–Trinajstić information content (AvgIpc) is 3.18. The van der Waals surface area contributed by atoms with Crippen molar-refractivity contribution in [2.24, 2.45) is 5.92 Å². The van der Waals surface area contributed by atoms with E-state index < -0.39 is 0 Å². The lowest BCUT2D eigenvalue weighted by Gasteiger charge is -2.29. The highest BCUT2D eigenvalue weighted by molar-refractivity contribution is 7.99. The molecule has 0 saturated carbocycles. The van der Waals surface area contributed by atoms with Gasteiger partial charge in [-0.15, -0.1) is 11.8 Å². The summed E-state index contributed by atoms with van der Waals surface area (Å²) >= 11 is 1.74. The number of carbonyl (C=O) groups excluding carboxylic acids is 1. The number of ether oxygens (including phenoxy) is 1. The second kappa shape index (κ2) is 10.1. The molecule has 0 unspecified atom stereocenters. The summed E-state index contributed by atoms with van der Waals surface area (Å²) in [6.07, 6.45) is 0. The molecule has 1 amide bonds. The van der Waals surface area contributed by atoms with E-state index in [0.717, 1.165) is 35.7 Å². The summed E-state index contributed by atoms with van der Waals surface area (Å²) in [7, 11) is 1.66. The van der Waals surface area contributed by atoms with Crippen molar-refractivity contribution in [3.8, 4) is 5.75 Å². The topological polar surface area (TPSA) is 32.8 Å².